The van der Waals surface area contributed by atoms with Gasteiger partial charge in [0.05, 0.1) is 4.90 Å². The first-order chi connectivity index (χ1) is 15.4. The Morgan fingerprint density at radius 2 is 1.66 bits per heavy atom. The Bertz CT molecular complexity index is 1140. The maximum absolute atomic E-state index is 12.6. The number of aryl methyl sites for hydroxylation is 2. The van der Waals surface area contributed by atoms with Crippen LogP contribution in [-0.4, -0.2) is 20.9 Å². The van der Waals surface area contributed by atoms with E-state index in [0.717, 1.165) is 24.8 Å². The summed E-state index contributed by atoms with van der Waals surface area (Å²) in [6.45, 7) is 3.87. The lowest BCUT2D eigenvalue weighted by atomic mass is 10.1. The molecule has 0 heterocycles. The fraction of sp³-hybridized carbons (Fsp3) is 0.240. The van der Waals surface area contributed by atoms with E-state index in [2.05, 4.69) is 17.0 Å². The smallest absolute Gasteiger partial charge is 0.262 e. The van der Waals surface area contributed by atoms with Crippen molar-refractivity contribution in [2.24, 2.45) is 0 Å². The van der Waals surface area contributed by atoms with Crippen LogP contribution in [0.2, 0.25) is 0 Å². The minimum Gasteiger partial charge on any atom is -0.484 e. The van der Waals surface area contributed by atoms with Gasteiger partial charge in [-0.15, -0.1) is 0 Å². The van der Waals surface area contributed by atoms with Gasteiger partial charge in [-0.3, -0.25) is 9.52 Å². The van der Waals surface area contributed by atoms with Crippen molar-refractivity contribution in [1.29, 1.82) is 0 Å². The highest BCUT2D eigenvalue weighted by Gasteiger charge is 2.14. The van der Waals surface area contributed by atoms with Gasteiger partial charge < -0.3 is 10.1 Å². The molecule has 0 fully saturated rings. The molecule has 0 aliphatic rings. The number of amides is 1. The van der Waals surface area contributed by atoms with Gasteiger partial charge in [-0.2, -0.15) is 0 Å². The number of hydrogen-bond donors (Lipinski definition) is 2. The van der Waals surface area contributed by atoms with Gasteiger partial charge in [0, 0.05) is 11.4 Å². The Morgan fingerprint density at radius 3 is 2.31 bits per heavy atom. The number of hydrogen-bond acceptors (Lipinski definition) is 4. The van der Waals surface area contributed by atoms with E-state index in [0.29, 0.717) is 17.1 Å². The third-order valence-electron chi connectivity index (χ3n) is 4.83. The van der Waals surface area contributed by atoms with Gasteiger partial charge in [-0.05, 0) is 79.4 Å². The van der Waals surface area contributed by atoms with E-state index < -0.39 is 10.0 Å². The number of carbonyl (C=O) groups excluding carboxylic acids is 1. The summed E-state index contributed by atoms with van der Waals surface area (Å²) in [5.74, 6) is 0.119. The zero-order chi connectivity index (χ0) is 23.0. The van der Waals surface area contributed by atoms with Crippen molar-refractivity contribution < 1.29 is 17.9 Å². The van der Waals surface area contributed by atoms with Crippen LogP contribution in [0.15, 0.2) is 77.7 Å². The highest BCUT2D eigenvalue weighted by molar-refractivity contribution is 7.92. The van der Waals surface area contributed by atoms with E-state index in [-0.39, 0.29) is 17.4 Å². The summed E-state index contributed by atoms with van der Waals surface area (Å²) < 4.78 is 33.2. The normalized spacial score (nSPS) is 11.1. The van der Waals surface area contributed by atoms with Crippen LogP contribution in [0.1, 0.15) is 30.9 Å². The lowest BCUT2D eigenvalue weighted by Gasteiger charge is -2.10. The van der Waals surface area contributed by atoms with Crippen molar-refractivity contribution in [2.75, 3.05) is 16.6 Å². The molecule has 0 saturated heterocycles. The number of benzene rings is 3. The fourth-order valence-corrected chi connectivity index (χ4v) is 4.17. The van der Waals surface area contributed by atoms with Gasteiger partial charge in [0.15, 0.2) is 6.61 Å². The third kappa shape index (κ3) is 6.85. The van der Waals surface area contributed by atoms with Gasteiger partial charge in [-0.25, -0.2) is 8.42 Å². The van der Waals surface area contributed by atoms with E-state index in [1.165, 1.54) is 29.8 Å². The van der Waals surface area contributed by atoms with Gasteiger partial charge >= 0.3 is 0 Å². The number of nitrogens with one attached hydrogen (secondary N) is 2. The van der Waals surface area contributed by atoms with Crippen LogP contribution in [0, 0.1) is 6.92 Å². The summed E-state index contributed by atoms with van der Waals surface area (Å²) in [7, 11) is -3.71. The summed E-state index contributed by atoms with van der Waals surface area (Å²) in [6, 6.07) is 20.9. The van der Waals surface area contributed by atoms with Crippen molar-refractivity contribution >= 4 is 27.3 Å². The van der Waals surface area contributed by atoms with Gasteiger partial charge in [0.2, 0.25) is 0 Å². The lowest BCUT2D eigenvalue weighted by Crippen LogP contribution is -2.20. The quantitative estimate of drug-likeness (QED) is 0.445. The van der Waals surface area contributed by atoms with Gasteiger partial charge in [0.25, 0.3) is 15.9 Å². The van der Waals surface area contributed by atoms with Crippen LogP contribution in [-0.2, 0) is 21.2 Å². The predicted octanol–water partition coefficient (Wildman–Crippen LogP) is 5.16. The second-order valence-electron chi connectivity index (χ2n) is 7.58. The summed E-state index contributed by atoms with van der Waals surface area (Å²) in [6.07, 6.45) is 3.31. The molecule has 0 aliphatic carbocycles. The first kappa shape index (κ1) is 23.3. The Labute approximate surface area is 189 Å². The Balaban J connectivity index is 1.52. The summed E-state index contributed by atoms with van der Waals surface area (Å²) >= 11 is 0. The molecule has 3 rings (SSSR count). The predicted molar refractivity (Wildman–Crippen MR) is 128 cm³/mol. The molecule has 0 bridgehead atoms. The highest BCUT2D eigenvalue weighted by Crippen LogP contribution is 2.20. The largest absolute Gasteiger partial charge is 0.484 e. The number of ether oxygens (including phenoxy) is 1. The molecular formula is C25H28N2O4S. The highest BCUT2D eigenvalue weighted by atomic mass is 32.2. The molecule has 0 aliphatic heterocycles. The van der Waals surface area contributed by atoms with Crippen LogP contribution < -0.4 is 14.8 Å². The molecule has 2 N–H and O–H groups in total. The lowest BCUT2D eigenvalue weighted by molar-refractivity contribution is -0.118. The Kier molecular flexibility index (Phi) is 7.89. The minimum absolute atomic E-state index is 0.110. The number of unbranched alkanes of at least 4 members (excludes halogenated alkanes) is 1. The van der Waals surface area contributed by atoms with Crippen molar-refractivity contribution in [2.45, 2.75) is 38.0 Å². The van der Waals surface area contributed by atoms with Crippen LogP contribution in [0.5, 0.6) is 5.75 Å². The average molecular weight is 453 g/mol. The molecule has 0 aromatic heterocycles. The topological polar surface area (TPSA) is 84.5 Å². The molecule has 3 aromatic rings. The van der Waals surface area contributed by atoms with Crippen molar-refractivity contribution in [3.05, 3.63) is 83.9 Å². The van der Waals surface area contributed by atoms with Crippen molar-refractivity contribution in [3.8, 4) is 5.75 Å². The molecule has 0 unspecified atom stereocenters. The summed E-state index contributed by atoms with van der Waals surface area (Å²) in [4.78, 5) is 12.3. The number of carbonyl (C=O) groups is 1. The number of sulfonamides is 1. The molecule has 0 saturated carbocycles. The second-order valence-corrected chi connectivity index (χ2v) is 9.27. The van der Waals surface area contributed by atoms with Crippen LogP contribution >= 0.6 is 0 Å². The minimum atomic E-state index is -3.71. The maximum atomic E-state index is 12.6. The molecule has 7 heteroatoms. The van der Waals surface area contributed by atoms with Crippen molar-refractivity contribution in [1.82, 2.24) is 0 Å². The monoisotopic (exact) mass is 452 g/mol. The Morgan fingerprint density at radius 1 is 0.938 bits per heavy atom. The summed E-state index contributed by atoms with van der Waals surface area (Å²) in [5, 5.41) is 2.79. The zero-order valence-corrected chi connectivity index (χ0v) is 19.1. The molecule has 3 aromatic carbocycles. The van der Waals surface area contributed by atoms with Crippen LogP contribution in [0.4, 0.5) is 11.4 Å². The molecule has 0 radical (unpaired) electrons. The van der Waals surface area contributed by atoms with E-state index >= 15 is 0 Å². The second kappa shape index (κ2) is 10.8. The Hall–Kier alpha value is -3.32. The molecule has 168 valence electrons. The average Bonchev–Trinajstić information content (AvgIpc) is 2.77. The van der Waals surface area contributed by atoms with Crippen LogP contribution in [0.25, 0.3) is 0 Å². The maximum Gasteiger partial charge on any atom is 0.262 e. The van der Waals surface area contributed by atoms with E-state index in [4.69, 9.17) is 4.74 Å². The number of rotatable bonds is 10. The van der Waals surface area contributed by atoms with E-state index in [1.54, 1.807) is 18.2 Å². The van der Waals surface area contributed by atoms with Gasteiger partial charge in [0.1, 0.15) is 5.75 Å². The molecule has 1 amide bonds. The molecule has 6 nitrogen and oxygen atoms in total. The first-order valence-electron chi connectivity index (χ1n) is 10.6. The first-order valence-corrected chi connectivity index (χ1v) is 12.0. The SMILES string of the molecule is CCCCc1ccc(NC(=O)COc2ccc(S(=O)(=O)Nc3cccc(C)c3)cc2)cc1. The molecule has 32 heavy (non-hydrogen) atoms. The third-order valence-corrected chi connectivity index (χ3v) is 6.23. The standard InChI is InChI=1S/C25H28N2O4S/c1-3-4-7-20-9-11-21(12-10-20)26-25(28)18-31-23-13-15-24(16-14-23)32(29,30)27-22-8-5-6-19(2)17-22/h5-6,8-17,27H,3-4,7,18H2,1-2H3,(H,26,28). The molecule has 0 spiro atoms. The number of anilines is 2. The molecular weight excluding hydrogens is 424 g/mol. The van der Waals surface area contributed by atoms with Crippen LogP contribution in [0.3, 0.4) is 0 Å². The van der Waals surface area contributed by atoms with Gasteiger partial charge in [-0.1, -0.05) is 37.6 Å². The fourth-order valence-electron chi connectivity index (χ4n) is 3.12. The van der Waals surface area contributed by atoms with E-state index in [9.17, 15) is 13.2 Å². The zero-order valence-electron chi connectivity index (χ0n) is 18.3. The molecule has 0 atom stereocenters. The summed E-state index contributed by atoms with van der Waals surface area (Å²) in [5.41, 5.74) is 3.41. The van der Waals surface area contributed by atoms with E-state index in [1.807, 2.05) is 37.3 Å². The van der Waals surface area contributed by atoms with Crippen molar-refractivity contribution in [3.63, 3.8) is 0 Å².